The number of carbonyl (C=O) groups excluding carboxylic acids is 1. The number of nitrogens with one attached hydrogen (secondary N) is 1. The minimum absolute atomic E-state index is 0.0145. The van der Waals surface area contributed by atoms with Crippen molar-refractivity contribution in [2.75, 3.05) is 7.11 Å². The monoisotopic (exact) mass is 419 g/mol. The third-order valence-corrected chi connectivity index (χ3v) is 5.03. The van der Waals surface area contributed by atoms with Crippen LogP contribution in [0.2, 0.25) is 0 Å². The van der Waals surface area contributed by atoms with Gasteiger partial charge in [0, 0.05) is 11.4 Å². The number of hydrogen-bond donors (Lipinski definition) is 1. The Hall–Kier alpha value is -1.46. The van der Waals surface area contributed by atoms with Crippen LogP contribution < -0.4 is 4.72 Å². The molecule has 1 aromatic carbocycles. The molecule has 27 heavy (non-hydrogen) atoms. The fourth-order valence-electron chi connectivity index (χ4n) is 1.96. The standard InChI is InChI=1S/C16H19F6NO3S/c1-14(2,3)27(25)23-12(8-13(24)26-4)9-5-10(15(17,18)19)7-11(6-9)16(20,21)22/h5-7,12,23H,8H2,1-4H3/t12-,27+/m0/s1. The maximum absolute atomic E-state index is 13.0. The van der Waals surface area contributed by atoms with Crippen LogP contribution in [0.25, 0.3) is 0 Å². The van der Waals surface area contributed by atoms with Crippen LogP contribution in [0.5, 0.6) is 0 Å². The largest absolute Gasteiger partial charge is 0.598 e. The Morgan fingerprint density at radius 2 is 1.52 bits per heavy atom. The Bertz CT molecular complexity index is 637. The smallest absolute Gasteiger partial charge is 0.416 e. The van der Waals surface area contributed by atoms with Gasteiger partial charge in [-0.25, -0.2) is 0 Å². The van der Waals surface area contributed by atoms with Crippen LogP contribution in [-0.2, 0) is 33.2 Å². The van der Waals surface area contributed by atoms with Gasteiger partial charge in [0.15, 0.2) is 0 Å². The summed E-state index contributed by atoms with van der Waals surface area (Å²) in [5.41, 5.74) is -3.52. The van der Waals surface area contributed by atoms with Gasteiger partial charge in [0.25, 0.3) is 0 Å². The Kier molecular flexibility index (Phi) is 7.23. The molecule has 0 aliphatic rings. The summed E-state index contributed by atoms with van der Waals surface area (Å²) >= 11 is -1.86. The summed E-state index contributed by atoms with van der Waals surface area (Å²) in [5.74, 6) is -0.885. The minimum atomic E-state index is -5.03. The summed E-state index contributed by atoms with van der Waals surface area (Å²) in [5, 5.41) is 0. The van der Waals surface area contributed by atoms with E-state index in [0.29, 0.717) is 12.1 Å². The fraction of sp³-hybridized carbons (Fsp3) is 0.562. The lowest BCUT2D eigenvalue weighted by atomic mass is 9.98. The molecule has 4 nitrogen and oxygen atoms in total. The summed E-state index contributed by atoms with van der Waals surface area (Å²) in [6.07, 6.45) is -10.7. The van der Waals surface area contributed by atoms with E-state index in [-0.39, 0.29) is 6.07 Å². The molecule has 154 valence electrons. The van der Waals surface area contributed by atoms with Crippen LogP contribution in [0.15, 0.2) is 18.2 Å². The summed E-state index contributed by atoms with van der Waals surface area (Å²) in [6.45, 7) is 4.66. The second-order valence-corrected chi connectivity index (χ2v) is 8.67. The number of ether oxygens (including phenoxy) is 1. The number of methoxy groups -OCH3 is 1. The van der Waals surface area contributed by atoms with Gasteiger partial charge in [0.05, 0.1) is 30.7 Å². The van der Waals surface area contributed by atoms with Crippen molar-refractivity contribution in [2.24, 2.45) is 0 Å². The highest BCUT2D eigenvalue weighted by molar-refractivity contribution is 7.90. The summed E-state index contributed by atoms with van der Waals surface area (Å²) < 4.78 is 96.5. The van der Waals surface area contributed by atoms with Crippen LogP contribution in [0.4, 0.5) is 26.3 Å². The Balaban J connectivity index is 3.47. The molecule has 2 atom stereocenters. The van der Waals surface area contributed by atoms with Crippen molar-refractivity contribution in [3.05, 3.63) is 34.9 Å². The van der Waals surface area contributed by atoms with Crippen molar-refractivity contribution in [2.45, 2.75) is 50.3 Å². The minimum Gasteiger partial charge on any atom is -0.598 e. The van der Waals surface area contributed by atoms with Crippen molar-refractivity contribution in [1.82, 2.24) is 4.72 Å². The number of halogens is 6. The number of alkyl halides is 6. The molecule has 0 heterocycles. The third-order valence-electron chi connectivity index (χ3n) is 3.42. The predicted molar refractivity (Wildman–Crippen MR) is 86.9 cm³/mol. The molecule has 0 bridgehead atoms. The first kappa shape index (κ1) is 23.6. The van der Waals surface area contributed by atoms with Crippen LogP contribution in [0.1, 0.15) is 49.9 Å². The van der Waals surface area contributed by atoms with Crippen molar-refractivity contribution in [3.8, 4) is 0 Å². The van der Waals surface area contributed by atoms with Gasteiger partial charge in [0.2, 0.25) is 0 Å². The van der Waals surface area contributed by atoms with E-state index >= 15 is 0 Å². The second-order valence-electron chi connectivity index (χ2n) is 6.67. The van der Waals surface area contributed by atoms with E-state index in [2.05, 4.69) is 9.46 Å². The molecule has 0 amide bonds. The molecule has 1 rings (SSSR count). The first-order chi connectivity index (χ1) is 12.1. The molecule has 1 N–H and O–H groups in total. The number of benzene rings is 1. The zero-order valence-electron chi connectivity index (χ0n) is 14.9. The van der Waals surface area contributed by atoms with Crippen LogP contribution in [0, 0.1) is 0 Å². The van der Waals surface area contributed by atoms with Crippen LogP contribution in [0.3, 0.4) is 0 Å². The summed E-state index contributed by atoms with van der Waals surface area (Å²) in [7, 11) is 1.02. The Labute approximate surface area is 155 Å². The zero-order chi connectivity index (χ0) is 21.2. The van der Waals surface area contributed by atoms with Gasteiger partial charge in [-0.3, -0.25) is 4.79 Å². The molecule has 0 saturated carbocycles. The predicted octanol–water partition coefficient (Wildman–Crippen LogP) is 4.38. The van der Waals surface area contributed by atoms with Gasteiger partial charge < -0.3 is 9.29 Å². The van der Waals surface area contributed by atoms with Crippen molar-refractivity contribution < 1.29 is 40.4 Å². The van der Waals surface area contributed by atoms with E-state index < -0.39 is 63.6 Å². The highest BCUT2D eigenvalue weighted by Crippen LogP contribution is 2.38. The van der Waals surface area contributed by atoms with Crippen molar-refractivity contribution in [3.63, 3.8) is 0 Å². The first-order valence-corrected chi connectivity index (χ1v) is 8.75. The molecule has 0 unspecified atom stereocenters. The molecule has 0 saturated heterocycles. The van der Waals surface area contributed by atoms with Crippen LogP contribution >= 0.6 is 0 Å². The van der Waals surface area contributed by atoms with Gasteiger partial charge in [-0.05, 0) is 44.5 Å². The zero-order valence-corrected chi connectivity index (χ0v) is 15.7. The molecule has 0 aromatic heterocycles. The number of esters is 1. The molecule has 0 spiro atoms. The molecule has 11 heteroatoms. The van der Waals surface area contributed by atoms with E-state index in [9.17, 15) is 35.7 Å². The Morgan fingerprint density at radius 3 is 1.85 bits per heavy atom. The normalized spacial score (nSPS) is 15.4. The summed E-state index contributed by atoms with van der Waals surface area (Å²) in [6, 6.07) is -0.397. The SMILES string of the molecule is COC(=O)C[C@H](N[S@+]([O-])C(C)(C)C)c1cc(C(F)(F)F)cc(C(F)(F)F)c1. The van der Waals surface area contributed by atoms with Crippen molar-refractivity contribution in [1.29, 1.82) is 0 Å². The van der Waals surface area contributed by atoms with Gasteiger partial charge in [-0.1, -0.05) is 0 Å². The third kappa shape index (κ3) is 6.89. The number of hydrogen-bond acceptors (Lipinski definition) is 4. The fourth-order valence-corrected chi connectivity index (χ4v) is 2.80. The highest BCUT2D eigenvalue weighted by Gasteiger charge is 2.39. The Morgan fingerprint density at radius 1 is 1.07 bits per heavy atom. The quantitative estimate of drug-likeness (QED) is 0.437. The average Bonchev–Trinajstić information content (AvgIpc) is 2.50. The molecule has 0 fully saturated rings. The maximum atomic E-state index is 13.0. The van der Waals surface area contributed by atoms with Gasteiger partial charge >= 0.3 is 18.3 Å². The van der Waals surface area contributed by atoms with Gasteiger partial charge in [-0.2, -0.15) is 26.3 Å². The van der Waals surface area contributed by atoms with E-state index in [1.54, 1.807) is 20.8 Å². The van der Waals surface area contributed by atoms with E-state index in [1.165, 1.54) is 0 Å². The molecular weight excluding hydrogens is 400 g/mol. The van der Waals surface area contributed by atoms with E-state index in [0.717, 1.165) is 7.11 Å². The second kappa shape index (κ2) is 8.27. The molecule has 0 radical (unpaired) electrons. The lowest BCUT2D eigenvalue weighted by Crippen LogP contribution is -2.42. The lowest BCUT2D eigenvalue weighted by Gasteiger charge is -2.28. The summed E-state index contributed by atoms with van der Waals surface area (Å²) in [4.78, 5) is 11.6. The highest BCUT2D eigenvalue weighted by atomic mass is 32.2. The molecule has 0 aliphatic heterocycles. The first-order valence-electron chi connectivity index (χ1n) is 7.60. The van der Waals surface area contributed by atoms with E-state index in [1.807, 2.05) is 0 Å². The molecule has 1 aromatic rings. The maximum Gasteiger partial charge on any atom is 0.416 e. The molecule has 0 aliphatic carbocycles. The number of carbonyl (C=O) groups is 1. The topological polar surface area (TPSA) is 61.4 Å². The van der Waals surface area contributed by atoms with Crippen molar-refractivity contribution >= 4 is 17.3 Å². The lowest BCUT2D eigenvalue weighted by molar-refractivity contribution is -0.143. The molecular formula is C16H19F6NO3S. The van der Waals surface area contributed by atoms with E-state index in [4.69, 9.17) is 0 Å². The van der Waals surface area contributed by atoms with Gasteiger partial charge in [-0.15, -0.1) is 4.72 Å². The van der Waals surface area contributed by atoms with Crippen LogP contribution in [-0.4, -0.2) is 22.4 Å². The number of rotatable bonds is 5. The average molecular weight is 419 g/mol. The van der Waals surface area contributed by atoms with Gasteiger partial charge in [0.1, 0.15) is 4.75 Å².